The SMILES string of the molecule is CCCCC/C=C\C/C=C\CCCCCCCCCCCCCC(=O)OC1C(OCC(NC(=O)C(O)CCCCCCCCCC/C=C\C/C=C\CCCCC)C(O)/C=C/CCCCCCCCCCCCC)OC(CO)C(O)C1O. The van der Waals surface area contributed by atoms with Gasteiger partial charge in [0, 0.05) is 6.42 Å². The Balaban J connectivity index is 2.63. The van der Waals surface area contributed by atoms with Crippen molar-refractivity contribution < 1.29 is 49.3 Å². The minimum Gasteiger partial charge on any atom is -0.454 e. The second-order valence-corrected chi connectivity index (χ2v) is 23.6. The summed E-state index contributed by atoms with van der Waals surface area (Å²) in [5, 5.41) is 57.2. The Morgan fingerprint density at radius 1 is 0.481 bits per heavy atom. The van der Waals surface area contributed by atoms with E-state index in [1.165, 1.54) is 186 Å². The monoisotopic (exact) mass is 1140 g/mol. The number of esters is 1. The lowest BCUT2D eigenvalue weighted by Crippen LogP contribution is -2.61. The summed E-state index contributed by atoms with van der Waals surface area (Å²) in [6.07, 6.45) is 62.5. The Morgan fingerprint density at radius 2 is 0.852 bits per heavy atom. The number of carbonyl (C=O) groups is 2. The number of nitrogens with one attached hydrogen (secondary N) is 1. The summed E-state index contributed by atoms with van der Waals surface area (Å²) >= 11 is 0. The highest BCUT2D eigenvalue weighted by atomic mass is 16.7. The van der Waals surface area contributed by atoms with E-state index in [-0.39, 0.29) is 19.4 Å². The zero-order chi connectivity index (χ0) is 58.9. The molecular formula is C70H127NO10. The van der Waals surface area contributed by atoms with Crippen molar-refractivity contribution in [1.29, 1.82) is 0 Å². The first kappa shape index (κ1) is 76.4. The van der Waals surface area contributed by atoms with Gasteiger partial charge in [0.2, 0.25) is 5.91 Å². The smallest absolute Gasteiger partial charge is 0.306 e. The lowest BCUT2D eigenvalue weighted by atomic mass is 9.99. The number of ether oxygens (including phenoxy) is 3. The Kier molecular flexibility index (Phi) is 54.5. The first-order valence-corrected chi connectivity index (χ1v) is 34.1. The molecule has 81 heavy (non-hydrogen) atoms. The van der Waals surface area contributed by atoms with Crippen LogP contribution in [0.25, 0.3) is 0 Å². The molecule has 0 saturated carbocycles. The molecule has 472 valence electrons. The van der Waals surface area contributed by atoms with Crippen molar-refractivity contribution in [2.45, 2.75) is 359 Å². The highest BCUT2D eigenvalue weighted by molar-refractivity contribution is 5.80. The summed E-state index contributed by atoms with van der Waals surface area (Å²) in [6, 6.07) is -1.03. The summed E-state index contributed by atoms with van der Waals surface area (Å²) in [5.74, 6) is -1.19. The average molecular weight is 1140 g/mol. The summed E-state index contributed by atoms with van der Waals surface area (Å²) in [4.78, 5) is 26.6. The maximum absolute atomic E-state index is 13.5. The van der Waals surface area contributed by atoms with Gasteiger partial charge in [-0.3, -0.25) is 9.59 Å². The highest BCUT2D eigenvalue weighted by Crippen LogP contribution is 2.26. The number of amides is 1. The molecule has 6 N–H and O–H groups in total. The van der Waals surface area contributed by atoms with E-state index in [4.69, 9.17) is 14.2 Å². The van der Waals surface area contributed by atoms with E-state index in [2.05, 4.69) is 74.7 Å². The molecule has 1 aliphatic heterocycles. The van der Waals surface area contributed by atoms with Gasteiger partial charge in [0.15, 0.2) is 12.4 Å². The molecule has 1 heterocycles. The first-order valence-electron chi connectivity index (χ1n) is 34.1. The fraction of sp³-hybridized carbons (Fsp3) is 0.829. The molecule has 0 bridgehead atoms. The molecule has 1 amide bonds. The van der Waals surface area contributed by atoms with Crippen LogP contribution in [-0.2, 0) is 23.8 Å². The third-order valence-electron chi connectivity index (χ3n) is 15.9. The quantitative estimate of drug-likeness (QED) is 0.0195. The van der Waals surface area contributed by atoms with Crippen LogP contribution < -0.4 is 5.32 Å². The van der Waals surface area contributed by atoms with Crippen LogP contribution in [0.15, 0.2) is 60.8 Å². The Morgan fingerprint density at radius 3 is 1.28 bits per heavy atom. The van der Waals surface area contributed by atoms with Crippen LogP contribution in [0.4, 0.5) is 0 Å². The topological polar surface area (TPSA) is 175 Å². The molecule has 8 atom stereocenters. The van der Waals surface area contributed by atoms with E-state index in [1.807, 2.05) is 6.08 Å². The molecule has 11 nitrogen and oxygen atoms in total. The normalized spacial score (nSPS) is 19.0. The molecule has 1 saturated heterocycles. The number of hydrogen-bond donors (Lipinski definition) is 6. The van der Waals surface area contributed by atoms with Gasteiger partial charge in [0.05, 0.1) is 25.4 Å². The molecule has 1 rings (SSSR count). The van der Waals surface area contributed by atoms with Crippen molar-refractivity contribution in [3.8, 4) is 0 Å². The van der Waals surface area contributed by atoms with Crippen molar-refractivity contribution in [1.82, 2.24) is 5.32 Å². The summed E-state index contributed by atoms with van der Waals surface area (Å²) in [6.45, 7) is 5.77. The van der Waals surface area contributed by atoms with Gasteiger partial charge in [0.25, 0.3) is 0 Å². The van der Waals surface area contributed by atoms with Gasteiger partial charge in [-0.1, -0.05) is 274 Å². The number of carbonyl (C=O) groups excluding carboxylic acids is 2. The van der Waals surface area contributed by atoms with E-state index in [0.29, 0.717) is 12.8 Å². The maximum atomic E-state index is 13.5. The number of rotatable bonds is 58. The van der Waals surface area contributed by atoms with Crippen LogP contribution in [0.1, 0.15) is 310 Å². The third kappa shape index (κ3) is 45.4. The van der Waals surface area contributed by atoms with Crippen LogP contribution in [0.5, 0.6) is 0 Å². The molecule has 0 aromatic rings. The van der Waals surface area contributed by atoms with Crippen LogP contribution in [0.3, 0.4) is 0 Å². The molecule has 0 aliphatic carbocycles. The van der Waals surface area contributed by atoms with Crippen LogP contribution in [0, 0.1) is 0 Å². The maximum Gasteiger partial charge on any atom is 0.306 e. The predicted molar refractivity (Wildman–Crippen MR) is 338 cm³/mol. The van der Waals surface area contributed by atoms with Crippen molar-refractivity contribution in [3.63, 3.8) is 0 Å². The fourth-order valence-electron chi connectivity index (χ4n) is 10.5. The van der Waals surface area contributed by atoms with E-state index in [9.17, 15) is 35.1 Å². The largest absolute Gasteiger partial charge is 0.454 e. The number of aliphatic hydroxyl groups is 5. The summed E-state index contributed by atoms with van der Waals surface area (Å²) < 4.78 is 17.7. The predicted octanol–water partition coefficient (Wildman–Crippen LogP) is 17.0. The first-order chi connectivity index (χ1) is 39.7. The number of aliphatic hydroxyl groups excluding tert-OH is 5. The second kappa shape index (κ2) is 57.8. The summed E-state index contributed by atoms with van der Waals surface area (Å²) in [5.41, 5.74) is 0. The van der Waals surface area contributed by atoms with Crippen molar-refractivity contribution >= 4 is 11.9 Å². The van der Waals surface area contributed by atoms with Gasteiger partial charge in [-0.25, -0.2) is 0 Å². The number of unbranched alkanes of at least 4 members (excludes halogenated alkanes) is 36. The molecule has 0 aromatic carbocycles. The molecule has 1 aliphatic rings. The zero-order valence-corrected chi connectivity index (χ0v) is 52.4. The van der Waals surface area contributed by atoms with Gasteiger partial charge in [-0.05, 0) is 89.9 Å². The highest BCUT2D eigenvalue weighted by Gasteiger charge is 2.47. The van der Waals surface area contributed by atoms with Crippen molar-refractivity contribution in [3.05, 3.63) is 60.8 Å². The molecule has 0 spiro atoms. The molecular weight excluding hydrogens is 1010 g/mol. The minimum atomic E-state index is -1.62. The van der Waals surface area contributed by atoms with Gasteiger partial charge in [-0.15, -0.1) is 0 Å². The Hall–Kier alpha value is -2.64. The molecule has 0 aromatic heterocycles. The van der Waals surface area contributed by atoms with E-state index in [1.54, 1.807) is 6.08 Å². The second-order valence-electron chi connectivity index (χ2n) is 23.6. The van der Waals surface area contributed by atoms with Gasteiger partial charge < -0.3 is 45.1 Å². The standard InChI is InChI=1S/C70H127NO10/c1-4-7-10-13-16-19-22-25-27-29-31-32-33-35-37-40-43-46-49-52-55-58-65(75)81-68-67(77)66(76)64(59-72)80-70(68)79-60-61(62(73)56-53-50-47-44-41-38-24-21-18-15-12-9-6-3)71-69(78)63(74)57-54-51-48-45-42-39-36-34-30-28-26-23-20-17-14-11-8-5-2/h16-17,19-20,25-28,53,56,61-64,66-68,70,72-74,76-77H,4-15,18,21-24,29-52,54-55,57-60H2,1-3H3,(H,71,78)/b19-16-,20-17-,27-25-,28-26-,56-53+. The Labute approximate surface area is 497 Å². The number of hydrogen-bond acceptors (Lipinski definition) is 10. The Bertz CT molecular complexity index is 1550. The lowest BCUT2D eigenvalue weighted by Gasteiger charge is -2.41. The molecule has 8 unspecified atom stereocenters. The summed E-state index contributed by atoms with van der Waals surface area (Å²) in [7, 11) is 0. The molecule has 1 fully saturated rings. The molecule has 11 heteroatoms. The minimum absolute atomic E-state index is 0.121. The average Bonchev–Trinajstić information content (AvgIpc) is 3.53. The lowest BCUT2D eigenvalue weighted by molar-refractivity contribution is -0.305. The molecule has 0 radical (unpaired) electrons. The van der Waals surface area contributed by atoms with E-state index in [0.717, 1.165) is 77.0 Å². The van der Waals surface area contributed by atoms with Crippen LogP contribution >= 0.6 is 0 Å². The fourth-order valence-corrected chi connectivity index (χ4v) is 10.5. The van der Waals surface area contributed by atoms with Crippen molar-refractivity contribution in [2.24, 2.45) is 0 Å². The van der Waals surface area contributed by atoms with Crippen molar-refractivity contribution in [2.75, 3.05) is 13.2 Å². The van der Waals surface area contributed by atoms with E-state index >= 15 is 0 Å². The van der Waals surface area contributed by atoms with Crippen LogP contribution in [0.2, 0.25) is 0 Å². The number of allylic oxidation sites excluding steroid dienone is 9. The van der Waals surface area contributed by atoms with Gasteiger partial charge in [0.1, 0.15) is 24.4 Å². The third-order valence-corrected chi connectivity index (χ3v) is 15.9. The van der Waals surface area contributed by atoms with E-state index < -0.39 is 67.4 Å². The van der Waals surface area contributed by atoms with Crippen LogP contribution in [-0.4, -0.2) is 99.6 Å². The van der Waals surface area contributed by atoms with Gasteiger partial charge >= 0.3 is 5.97 Å². The zero-order valence-electron chi connectivity index (χ0n) is 52.4. The van der Waals surface area contributed by atoms with Gasteiger partial charge in [-0.2, -0.15) is 0 Å².